The fourth-order valence-corrected chi connectivity index (χ4v) is 6.16. The van der Waals surface area contributed by atoms with Crippen molar-refractivity contribution in [2.24, 2.45) is 0 Å². The van der Waals surface area contributed by atoms with Crippen LogP contribution in [-0.2, 0) is 25.1 Å². The van der Waals surface area contributed by atoms with Gasteiger partial charge in [-0.15, -0.1) is 0 Å². The topological polar surface area (TPSA) is 130 Å². The van der Waals surface area contributed by atoms with Gasteiger partial charge in [0.1, 0.15) is 19.3 Å². The minimum Gasteiger partial charge on any atom is -0.465 e. The Balaban J connectivity index is 1.75. The van der Waals surface area contributed by atoms with Gasteiger partial charge in [-0.1, -0.05) is 42.5 Å². The van der Waals surface area contributed by atoms with Crippen LogP contribution in [-0.4, -0.2) is 47.2 Å². The first-order valence-corrected chi connectivity index (χ1v) is 12.7. The van der Waals surface area contributed by atoms with Crippen LogP contribution >= 0.6 is 7.94 Å². The fourth-order valence-electron chi connectivity index (χ4n) is 4.11. The molecule has 1 aromatic heterocycles. The summed E-state index contributed by atoms with van der Waals surface area (Å²) in [5.74, 6) is -0.748. The zero-order chi connectivity index (χ0) is 25.9. The first-order chi connectivity index (χ1) is 17.2. The summed E-state index contributed by atoms with van der Waals surface area (Å²) in [7, 11) is -2.60. The van der Waals surface area contributed by atoms with Crippen molar-refractivity contribution in [3.05, 3.63) is 87.2 Å². The summed E-state index contributed by atoms with van der Waals surface area (Å²) in [6.45, 7) is 3.61. The van der Waals surface area contributed by atoms with E-state index in [0.717, 1.165) is 5.56 Å². The maximum absolute atomic E-state index is 12.8. The molecule has 0 atom stereocenters. The molecule has 1 aliphatic heterocycles. The molecule has 0 radical (unpaired) electrons. The third-order valence-corrected chi connectivity index (χ3v) is 7.88. The van der Waals surface area contributed by atoms with Crippen LogP contribution < -0.4 is 5.30 Å². The number of ether oxygens (including phenoxy) is 2. The molecule has 0 bridgehead atoms. The van der Waals surface area contributed by atoms with Crippen LogP contribution in [0.25, 0.3) is 11.1 Å². The van der Waals surface area contributed by atoms with Gasteiger partial charge in [0.05, 0.1) is 46.7 Å². The predicted octanol–water partition coefficient (Wildman–Crippen LogP) is 4.07. The lowest BCUT2D eigenvalue weighted by Crippen LogP contribution is -2.36. The van der Waals surface area contributed by atoms with Crippen LogP contribution in [0.4, 0.5) is 5.69 Å². The summed E-state index contributed by atoms with van der Waals surface area (Å²) in [6, 6.07) is 15.6. The van der Waals surface area contributed by atoms with E-state index in [2.05, 4.69) is 4.98 Å². The quantitative estimate of drug-likeness (QED) is 0.215. The second-order valence-corrected chi connectivity index (χ2v) is 10.2. The van der Waals surface area contributed by atoms with Crippen molar-refractivity contribution in [2.45, 2.75) is 26.6 Å². The Morgan fingerprint density at radius 2 is 1.75 bits per heavy atom. The SMILES string of the molecule is COC(=O)c1c(C)nc(C)c([P+]2(O)OCC(OCc3ccccc3)CO2)c1-c1ccccc1[N+](=O)[O-]. The molecule has 4 rings (SSSR count). The number of hydrogen-bond acceptors (Lipinski definition) is 9. The third kappa shape index (κ3) is 5.13. The Labute approximate surface area is 208 Å². The molecule has 0 aliphatic carbocycles. The largest absolute Gasteiger partial charge is 0.465 e. The van der Waals surface area contributed by atoms with Crippen LogP contribution in [0.5, 0.6) is 0 Å². The Bertz CT molecular complexity index is 1280. The van der Waals surface area contributed by atoms with Crippen molar-refractivity contribution in [1.82, 2.24) is 4.98 Å². The summed E-state index contributed by atoms with van der Waals surface area (Å²) in [6.07, 6.45) is -0.446. The molecular weight excluding hydrogens is 487 g/mol. The molecule has 1 N–H and O–H groups in total. The monoisotopic (exact) mass is 513 g/mol. The number of nitro groups is 1. The van der Waals surface area contributed by atoms with Crippen molar-refractivity contribution >= 4 is 24.9 Å². The van der Waals surface area contributed by atoms with Crippen molar-refractivity contribution in [3.63, 3.8) is 0 Å². The standard InChI is InChI=1S/C25H26N2O8P/c1-16-22(25(28)32-3)23(20-11-7-8-12-21(20)27(29)30)24(17(2)26-16)36(31)34-14-19(15-35-36)33-13-18-9-5-4-6-10-18/h4-12,19,31H,13-15H2,1-3H3/q+1. The van der Waals surface area contributed by atoms with E-state index in [9.17, 15) is 19.8 Å². The Kier molecular flexibility index (Phi) is 7.73. The molecule has 11 heteroatoms. The Morgan fingerprint density at radius 1 is 1.11 bits per heavy atom. The highest BCUT2D eigenvalue weighted by Crippen LogP contribution is 2.60. The molecule has 1 fully saturated rings. The number of esters is 1. The molecule has 0 spiro atoms. The van der Waals surface area contributed by atoms with Gasteiger partial charge in [0.15, 0.2) is 0 Å². The molecule has 0 amide bonds. The second-order valence-electron chi connectivity index (χ2n) is 8.18. The highest BCUT2D eigenvalue weighted by Gasteiger charge is 2.54. The average Bonchev–Trinajstić information content (AvgIpc) is 2.88. The van der Waals surface area contributed by atoms with E-state index in [1.807, 2.05) is 30.3 Å². The molecular formula is C25H26N2O8P+. The van der Waals surface area contributed by atoms with Gasteiger partial charge in [-0.25, -0.2) is 4.79 Å². The van der Waals surface area contributed by atoms with E-state index < -0.39 is 24.9 Å². The third-order valence-electron chi connectivity index (χ3n) is 5.77. The van der Waals surface area contributed by atoms with Crippen LogP contribution in [0.3, 0.4) is 0 Å². The molecule has 0 unspecified atom stereocenters. The maximum atomic E-state index is 12.8. The van der Waals surface area contributed by atoms with Gasteiger partial charge in [0, 0.05) is 6.07 Å². The van der Waals surface area contributed by atoms with E-state index in [1.54, 1.807) is 19.9 Å². The number of para-hydroxylation sites is 1. The molecule has 188 valence electrons. The lowest BCUT2D eigenvalue weighted by atomic mass is 9.96. The van der Waals surface area contributed by atoms with Gasteiger partial charge in [-0.3, -0.25) is 15.1 Å². The van der Waals surface area contributed by atoms with Gasteiger partial charge in [-0.2, -0.15) is 13.9 Å². The molecule has 2 aromatic carbocycles. The van der Waals surface area contributed by atoms with Crippen LogP contribution in [0.15, 0.2) is 54.6 Å². The van der Waals surface area contributed by atoms with Gasteiger partial charge in [0.2, 0.25) is 5.30 Å². The molecule has 0 saturated carbocycles. The Hall–Kier alpha value is -3.27. The summed E-state index contributed by atoms with van der Waals surface area (Å²) in [4.78, 5) is 40.2. The summed E-state index contributed by atoms with van der Waals surface area (Å²) < 4.78 is 22.6. The molecule has 1 aliphatic rings. The minimum absolute atomic E-state index is 0.00419. The van der Waals surface area contributed by atoms with E-state index in [1.165, 1.54) is 25.3 Å². The van der Waals surface area contributed by atoms with Crippen molar-refractivity contribution in [2.75, 3.05) is 20.3 Å². The van der Waals surface area contributed by atoms with Crippen LogP contribution in [0.2, 0.25) is 0 Å². The molecule has 2 heterocycles. The number of nitro benzene ring substituents is 1. The lowest BCUT2D eigenvalue weighted by molar-refractivity contribution is -0.384. The van der Waals surface area contributed by atoms with Crippen LogP contribution in [0, 0.1) is 24.0 Å². The number of carbonyl (C=O) groups excluding carboxylic acids is 1. The van der Waals surface area contributed by atoms with Crippen LogP contribution in [0.1, 0.15) is 27.3 Å². The Morgan fingerprint density at radius 3 is 2.39 bits per heavy atom. The van der Waals surface area contributed by atoms with E-state index in [0.29, 0.717) is 18.0 Å². The number of pyridine rings is 1. The molecule has 10 nitrogen and oxygen atoms in total. The number of rotatable bonds is 7. The highest BCUT2D eigenvalue weighted by molar-refractivity contribution is 7.69. The predicted molar refractivity (Wildman–Crippen MR) is 133 cm³/mol. The van der Waals surface area contributed by atoms with Crippen molar-refractivity contribution in [1.29, 1.82) is 0 Å². The number of methoxy groups -OCH3 is 1. The van der Waals surface area contributed by atoms with E-state index >= 15 is 0 Å². The number of aromatic nitrogens is 1. The fraction of sp³-hybridized carbons (Fsp3) is 0.280. The molecule has 36 heavy (non-hydrogen) atoms. The average molecular weight is 513 g/mol. The minimum atomic E-state index is -3.81. The zero-order valence-electron chi connectivity index (χ0n) is 20.0. The maximum Gasteiger partial charge on any atom is 0.448 e. The molecule has 3 aromatic rings. The van der Waals surface area contributed by atoms with Crippen molar-refractivity contribution < 1.29 is 33.1 Å². The normalized spacial score (nSPS) is 19.6. The summed E-state index contributed by atoms with van der Waals surface area (Å²) >= 11 is 0. The van der Waals surface area contributed by atoms with Gasteiger partial charge < -0.3 is 9.47 Å². The number of benzene rings is 2. The number of nitrogens with zero attached hydrogens (tertiary/aromatic N) is 2. The first-order valence-electron chi connectivity index (χ1n) is 11.2. The van der Waals surface area contributed by atoms with E-state index in [-0.39, 0.29) is 40.9 Å². The number of carbonyl (C=O) groups is 1. The number of hydrogen-bond donors (Lipinski definition) is 1. The first kappa shape index (κ1) is 25.8. The number of aryl methyl sites for hydroxylation is 2. The van der Waals surface area contributed by atoms with Gasteiger partial charge >= 0.3 is 13.9 Å². The zero-order valence-corrected chi connectivity index (χ0v) is 20.9. The van der Waals surface area contributed by atoms with Gasteiger partial charge in [0.25, 0.3) is 5.69 Å². The lowest BCUT2D eigenvalue weighted by Gasteiger charge is -2.29. The van der Waals surface area contributed by atoms with Gasteiger partial charge in [-0.05, 0) is 25.5 Å². The second kappa shape index (κ2) is 10.8. The summed E-state index contributed by atoms with van der Waals surface area (Å²) in [5, 5.41) is 12.0. The highest BCUT2D eigenvalue weighted by atomic mass is 31.2. The smallest absolute Gasteiger partial charge is 0.448 e. The molecule has 1 saturated heterocycles. The summed E-state index contributed by atoms with van der Waals surface area (Å²) in [5.41, 5.74) is 1.58. The van der Waals surface area contributed by atoms with Crippen molar-refractivity contribution in [3.8, 4) is 11.1 Å². The van der Waals surface area contributed by atoms with E-state index in [4.69, 9.17) is 18.5 Å².